The van der Waals surface area contributed by atoms with E-state index in [-0.39, 0.29) is 11.4 Å². The molecule has 166 valence electrons. The third kappa shape index (κ3) is 4.21. The molecule has 0 saturated carbocycles. The maximum atomic E-state index is 13.5. The number of hydrogen-bond acceptors (Lipinski definition) is 4. The molecular formula is C25H26N2O4S. The van der Waals surface area contributed by atoms with Crippen LogP contribution in [-0.4, -0.2) is 27.0 Å². The topological polar surface area (TPSA) is 75.7 Å². The number of carbonyl (C=O) groups excluding carboxylic acids is 1. The molecule has 1 aliphatic heterocycles. The van der Waals surface area contributed by atoms with E-state index in [0.717, 1.165) is 22.3 Å². The molecule has 1 atom stereocenters. The summed E-state index contributed by atoms with van der Waals surface area (Å²) in [4.78, 5) is 13.2. The van der Waals surface area contributed by atoms with Crippen molar-refractivity contribution in [2.24, 2.45) is 0 Å². The molecule has 0 aliphatic carbocycles. The Morgan fingerprint density at radius 1 is 0.906 bits per heavy atom. The molecule has 32 heavy (non-hydrogen) atoms. The zero-order chi connectivity index (χ0) is 23.0. The Labute approximate surface area is 188 Å². The number of rotatable bonds is 4. The van der Waals surface area contributed by atoms with Crippen LogP contribution in [0.5, 0.6) is 5.75 Å². The van der Waals surface area contributed by atoms with Crippen molar-refractivity contribution in [1.82, 2.24) is 0 Å². The SMILES string of the molecule is Cc1ccc(S(=O)(=O)N2C[C@H](C(=O)Nc3ccc(C)c(C)c3)Oc3cc(C)ccc32)cc1. The number of sulfonamides is 1. The lowest BCUT2D eigenvalue weighted by atomic mass is 10.1. The number of anilines is 2. The van der Waals surface area contributed by atoms with Gasteiger partial charge in [-0.3, -0.25) is 9.10 Å². The van der Waals surface area contributed by atoms with Gasteiger partial charge >= 0.3 is 0 Å². The van der Waals surface area contributed by atoms with Crippen molar-refractivity contribution in [3.63, 3.8) is 0 Å². The number of ether oxygens (including phenoxy) is 1. The number of amides is 1. The minimum Gasteiger partial charge on any atom is -0.476 e. The molecule has 1 aliphatic rings. The normalized spacial score (nSPS) is 15.6. The van der Waals surface area contributed by atoms with E-state index in [1.54, 1.807) is 36.4 Å². The minimum atomic E-state index is -3.88. The second-order valence-electron chi connectivity index (χ2n) is 8.22. The molecule has 1 heterocycles. The first-order chi connectivity index (χ1) is 15.1. The van der Waals surface area contributed by atoms with Gasteiger partial charge in [0.05, 0.1) is 17.1 Å². The highest BCUT2D eigenvalue weighted by Crippen LogP contribution is 2.38. The van der Waals surface area contributed by atoms with Crippen LogP contribution in [-0.2, 0) is 14.8 Å². The minimum absolute atomic E-state index is 0.122. The molecule has 7 heteroatoms. The van der Waals surface area contributed by atoms with Crippen LogP contribution >= 0.6 is 0 Å². The molecule has 0 fully saturated rings. The van der Waals surface area contributed by atoms with E-state index in [1.165, 1.54) is 4.31 Å². The monoisotopic (exact) mass is 450 g/mol. The smallest absolute Gasteiger partial charge is 0.267 e. The van der Waals surface area contributed by atoms with Crippen LogP contribution in [0.1, 0.15) is 22.3 Å². The maximum absolute atomic E-state index is 13.5. The number of nitrogens with zero attached hydrogens (tertiary/aromatic N) is 1. The Kier molecular flexibility index (Phi) is 5.69. The van der Waals surface area contributed by atoms with Crippen molar-refractivity contribution in [1.29, 1.82) is 0 Å². The second kappa shape index (κ2) is 8.31. The van der Waals surface area contributed by atoms with Crippen LogP contribution in [0.3, 0.4) is 0 Å². The first kappa shape index (κ1) is 21.9. The lowest BCUT2D eigenvalue weighted by Gasteiger charge is -2.35. The van der Waals surface area contributed by atoms with Gasteiger partial charge in [-0.25, -0.2) is 8.42 Å². The Morgan fingerprint density at radius 2 is 1.59 bits per heavy atom. The summed E-state index contributed by atoms with van der Waals surface area (Å²) in [5, 5.41) is 2.86. The Morgan fingerprint density at radius 3 is 2.28 bits per heavy atom. The van der Waals surface area contributed by atoms with Gasteiger partial charge in [-0.15, -0.1) is 0 Å². The van der Waals surface area contributed by atoms with Crippen molar-refractivity contribution in [2.75, 3.05) is 16.2 Å². The van der Waals surface area contributed by atoms with Gasteiger partial charge < -0.3 is 10.1 Å². The summed E-state index contributed by atoms with van der Waals surface area (Å²) in [6, 6.07) is 17.6. The number of nitrogens with one attached hydrogen (secondary N) is 1. The standard InChI is InChI=1S/C25H26N2O4S/c1-16-5-10-21(11-6-16)32(29,30)27-15-24(31-23-13-17(2)7-12-22(23)27)25(28)26-20-9-8-18(3)19(4)14-20/h5-14,24H,15H2,1-4H3,(H,26,28)/t24-/m1/s1. The third-order valence-corrected chi connectivity index (χ3v) is 7.45. The highest BCUT2D eigenvalue weighted by atomic mass is 32.2. The molecule has 0 aromatic heterocycles. The van der Waals surface area contributed by atoms with Crippen molar-refractivity contribution < 1.29 is 17.9 Å². The second-order valence-corrected chi connectivity index (χ2v) is 10.1. The molecule has 4 rings (SSSR count). The summed E-state index contributed by atoms with van der Waals surface area (Å²) < 4.78 is 34.2. The van der Waals surface area contributed by atoms with Crippen molar-refractivity contribution in [3.8, 4) is 5.75 Å². The summed E-state index contributed by atoms with van der Waals surface area (Å²) in [6.07, 6.45) is -0.994. The first-order valence-electron chi connectivity index (χ1n) is 10.4. The predicted octanol–water partition coefficient (Wildman–Crippen LogP) is 4.52. The zero-order valence-electron chi connectivity index (χ0n) is 18.5. The van der Waals surface area contributed by atoms with Gasteiger partial charge in [0.1, 0.15) is 5.75 Å². The molecule has 3 aromatic carbocycles. The zero-order valence-corrected chi connectivity index (χ0v) is 19.4. The van der Waals surface area contributed by atoms with Gasteiger partial charge in [0.25, 0.3) is 15.9 Å². The lowest BCUT2D eigenvalue weighted by Crippen LogP contribution is -2.48. The number of fused-ring (bicyclic) bond motifs is 1. The van der Waals surface area contributed by atoms with Crippen molar-refractivity contribution >= 4 is 27.3 Å². The molecule has 3 aromatic rings. The molecule has 1 amide bonds. The van der Waals surface area contributed by atoms with E-state index in [4.69, 9.17) is 4.74 Å². The van der Waals surface area contributed by atoms with E-state index in [1.807, 2.05) is 52.0 Å². The van der Waals surface area contributed by atoms with Crippen LogP contribution < -0.4 is 14.4 Å². The van der Waals surface area contributed by atoms with E-state index in [2.05, 4.69) is 5.32 Å². The summed E-state index contributed by atoms with van der Waals surface area (Å²) in [5.74, 6) is -0.0308. The average Bonchev–Trinajstić information content (AvgIpc) is 2.75. The van der Waals surface area contributed by atoms with Crippen LogP contribution in [0.25, 0.3) is 0 Å². The molecule has 0 bridgehead atoms. The van der Waals surface area contributed by atoms with Crippen molar-refractivity contribution in [2.45, 2.75) is 38.7 Å². The Balaban J connectivity index is 1.69. The number of aryl methyl sites for hydroxylation is 4. The Hall–Kier alpha value is -3.32. The fourth-order valence-electron chi connectivity index (χ4n) is 3.60. The van der Waals surface area contributed by atoms with E-state index < -0.39 is 22.0 Å². The highest BCUT2D eigenvalue weighted by molar-refractivity contribution is 7.92. The predicted molar refractivity (Wildman–Crippen MR) is 126 cm³/mol. The van der Waals surface area contributed by atoms with Crippen LogP contribution in [0, 0.1) is 27.7 Å². The third-order valence-electron chi connectivity index (χ3n) is 5.66. The van der Waals surface area contributed by atoms with Gasteiger partial charge in [0.2, 0.25) is 0 Å². The molecule has 6 nitrogen and oxygen atoms in total. The van der Waals surface area contributed by atoms with E-state index >= 15 is 0 Å². The molecule has 0 saturated heterocycles. The fraction of sp³-hybridized carbons (Fsp3) is 0.240. The largest absolute Gasteiger partial charge is 0.476 e. The van der Waals surface area contributed by atoms with E-state index in [0.29, 0.717) is 17.1 Å². The average molecular weight is 451 g/mol. The first-order valence-corrected chi connectivity index (χ1v) is 11.8. The van der Waals surface area contributed by atoms with Crippen LogP contribution in [0.15, 0.2) is 65.6 Å². The van der Waals surface area contributed by atoms with Gasteiger partial charge in [-0.05, 0) is 80.8 Å². The summed E-state index contributed by atoms with van der Waals surface area (Å²) in [6.45, 7) is 7.63. The molecule has 0 unspecified atom stereocenters. The summed E-state index contributed by atoms with van der Waals surface area (Å²) >= 11 is 0. The van der Waals surface area contributed by atoms with Crippen LogP contribution in [0.4, 0.5) is 11.4 Å². The van der Waals surface area contributed by atoms with Gasteiger partial charge in [-0.1, -0.05) is 29.8 Å². The van der Waals surface area contributed by atoms with Crippen LogP contribution in [0.2, 0.25) is 0 Å². The molecule has 0 radical (unpaired) electrons. The number of carbonyl (C=O) groups is 1. The van der Waals surface area contributed by atoms with Gasteiger partial charge in [0, 0.05) is 5.69 Å². The lowest BCUT2D eigenvalue weighted by molar-refractivity contribution is -0.122. The summed E-state index contributed by atoms with van der Waals surface area (Å²) in [5.41, 5.74) is 5.11. The van der Waals surface area contributed by atoms with Crippen molar-refractivity contribution in [3.05, 3.63) is 82.9 Å². The molecular weight excluding hydrogens is 424 g/mol. The summed E-state index contributed by atoms with van der Waals surface area (Å²) in [7, 11) is -3.88. The van der Waals surface area contributed by atoms with Gasteiger partial charge in [-0.2, -0.15) is 0 Å². The molecule has 0 spiro atoms. The quantitative estimate of drug-likeness (QED) is 0.634. The highest BCUT2D eigenvalue weighted by Gasteiger charge is 2.37. The molecule has 1 N–H and O–H groups in total. The van der Waals surface area contributed by atoms with E-state index in [9.17, 15) is 13.2 Å². The Bertz CT molecular complexity index is 1280. The number of hydrogen-bond donors (Lipinski definition) is 1. The fourth-order valence-corrected chi connectivity index (χ4v) is 5.08. The maximum Gasteiger partial charge on any atom is 0.267 e. The number of benzene rings is 3. The van der Waals surface area contributed by atoms with Gasteiger partial charge in [0.15, 0.2) is 6.10 Å².